The summed E-state index contributed by atoms with van der Waals surface area (Å²) in [4.78, 5) is 12.4. The van der Waals surface area contributed by atoms with Crippen molar-refractivity contribution in [3.8, 4) is 16.9 Å². The second-order valence-electron chi connectivity index (χ2n) is 8.86. The van der Waals surface area contributed by atoms with E-state index in [4.69, 9.17) is 4.74 Å². The number of aliphatic carboxylic acids is 1. The third-order valence-electron chi connectivity index (χ3n) is 6.50. The van der Waals surface area contributed by atoms with Crippen LogP contribution >= 0.6 is 0 Å². The Bertz CT molecular complexity index is 996. The third-order valence-corrected chi connectivity index (χ3v) is 6.50. The lowest BCUT2D eigenvalue weighted by Crippen LogP contribution is -2.37. The van der Waals surface area contributed by atoms with E-state index in [9.17, 15) is 15.0 Å². The average molecular weight is 461 g/mol. The van der Waals surface area contributed by atoms with Gasteiger partial charge in [-0.25, -0.2) is 0 Å². The zero-order chi connectivity index (χ0) is 24.2. The van der Waals surface area contributed by atoms with E-state index in [1.807, 2.05) is 66.7 Å². The van der Waals surface area contributed by atoms with E-state index < -0.39 is 11.4 Å². The smallest absolute Gasteiger partial charge is 0.314 e. The summed E-state index contributed by atoms with van der Waals surface area (Å²) in [5, 5.41) is 19.9. The van der Waals surface area contributed by atoms with Crippen LogP contribution in [0.25, 0.3) is 11.1 Å². The van der Waals surface area contributed by atoms with Crippen LogP contribution in [0.2, 0.25) is 0 Å². The molecule has 2 N–H and O–H groups in total. The molecule has 0 aliphatic carbocycles. The molecule has 34 heavy (non-hydrogen) atoms. The predicted molar refractivity (Wildman–Crippen MR) is 137 cm³/mol. The number of carboxylic acids is 1. The van der Waals surface area contributed by atoms with Crippen LogP contribution in [0, 0.1) is 0 Å². The molecule has 0 fully saturated rings. The fourth-order valence-corrected chi connectivity index (χ4v) is 4.45. The molecule has 0 aliphatic heterocycles. The molecule has 3 aromatic carbocycles. The number of carboxylic acid groups (broad SMARTS) is 1. The van der Waals surface area contributed by atoms with Gasteiger partial charge in [0, 0.05) is 6.61 Å². The first-order chi connectivity index (χ1) is 16.6. The Morgan fingerprint density at radius 2 is 1.47 bits per heavy atom. The minimum Gasteiger partial charge on any atom is -0.494 e. The van der Waals surface area contributed by atoms with Crippen LogP contribution in [0.5, 0.6) is 5.75 Å². The molecule has 4 heteroatoms. The van der Waals surface area contributed by atoms with Gasteiger partial charge < -0.3 is 14.9 Å². The largest absolute Gasteiger partial charge is 0.494 e. The van der Waals surface area contributed by atoms with Crippen molar-refractivity contribution in [3.63, 3.8) is 0 Å². The van der Waals surface area contributed by atoms with Crippen molar-refractivity contribution in [1.29, 1.82) is 0 Å². The van der Waals surface area contributed by atoms with Crippen LogP contribution in [-0.4, -0.2) is 29.4 Å². The Morgan fingerprint density at radius 1 is 0.824 bits per heavy atom. The van der Waals surface area contributed by atoms with Crippen LogP contribution in [0.4, 0.5) is 0 Å². The van der Waals surface area contributed by atoms with Crippen molar-refractivity contribution < 1.29 is 19.7 Å². The fraction of sp³-hybridized carbons (Fsp3) is 0.367. The first kappa shape index (κ1) is 25.5. The number of hydrogen-bond acceptors (Lipinski definition) is 3. The highest BCUT2D eigenvalue weighted by atomic mass is 16.5. The summed E-state index contributed by atoms with van der Waals surface area (Å²) >= 11 is 0. The normalized spacial score (nSPS) is 12.8. The van der Waals surface area contributed by atoms with Gasteiger partial charge in [0.15, 0.2) is 0 Å². The maximum atomic E-state index is 12.4. The molecule has 0 unspecified atom stereocenters. The maximum absolute atomic E-state index is 12.4. The highest BCUT2D eigenvalue weighted by Gasteiger charge is 2.39. The summed E-state index contributed by atoms with van der Waals surface area (Å²) < 4.78 is 5.80. The van der Waals surface area contributed by atoms with E-state index in [0.717, 1.165) is 48.3 Å². The topological polar surface area (TPSA) is 66.8 Å². The number of unbranched alkanes of at least 4 members (excludes halogenated alkanes) is 2. The predicted octanol–water partition coefficient (Wildman–Crippen LogP) is 6.65. The van der Waals surface area contributed by atoms with Crippen molar-refractivity contribution in [3.05, 3.63) is 90.0 Å². The number of carbonyl (C=O) groups is 1. The quantitative estimate of drug-likeness (QED) is 0.264. The molecular formula is C30H36O4. The van der Waals surface area contributed by atoms with Gasteiger partial charge in [-0.1, -0.05) is 86.5 Å². The summed E-state index contributed by atoms with van der Waals surface area (Å²) in [6.45, 7) is 2.74. The lowest BCUT2D eigenvalue weighted by Gasteiger charge is -2.30. The van der Waals surface area contributed by atoms with Gasteiger partial charge in [0.05, 0.1) is 12.0 Å². The number of rotatable bonds is 14. The van der Waals surface area contributed by atoms with Gasteiger partial charge in [0.25, 0.3) is 0 Å². The van der Waals surface area contributed by atoms with Crippen LogP contribution in [0.3, 0.4) is 0 Å². The molecule has 0 aromatic heterocycles. The van der Waals surface area contributed by atoms with Gasteiger partial charge in [-0.2, -0.15) is 0 Å². The Morgan fingerprint density at radius 3 is 2.06 bits per heavy atom. The Kier molecular flexibility index (Phi) is 9.72. The number of benzene rings is 3. The standard InChI is InChI=1S/C30H36O4/c1-2-3-7-23-34-28-18-14-26(15-19-28)25-12-16-27(17-13-25)30(21-22-31,29(32)33)20-8-11-24-9-5-4-6-10-24/h4-6,9-10,12-19,31H,2-3,7-8,11,20-23H2,1H3,(H,32,33)/t30-/m0/s1. The van der Waals surface area contributed by atoms with E-state index >= 15 is 0 Å². The summed E-state index contributed by atoms with van der Waals surface area (Å²) in [6.07, 6.45) is 5.62. The molecule has 0 amide bonds. The number of aliphatic hydroxyl groups excluding tert-OH is 1. The molecule has 180 valence electrons. The SMILES string of the molecule is CCCCCOc1ccc(-c2ccc([C@@](CCO)(CCCc3ccccc3)C(=O)O)cc2)cc1. The number of ether oxygens (including phenoxy) is 1. The van der Waals surface area contributed by atoms with Crippen molar-refractivity contribution in [2.45, 2.75) is 57.3 Å². The van der Waals surface area contributed by atoms with Crippen molar-refractivity contribution >= 4 is 5.97 Å². The molecule has 0 saturated heterocycles. The number of aliphatic hydroxyl groups is 1. The van der Waals surface area contributed by atoms with Crippen LogP contribution in [-0.2, 0) is 16.6 Å². The third kappa shape index (κ3) is 6.71. The van der Waals surface area contributed by atoms with Crippen molar-refractivity contribution in [1.82, 2.24) is 0 Å². The maximum Gasteiger partial charge on any atom is 0.314 e. The van der Waals surface area contributed by atoms with Gasteiger partial charge in [-0.3, -0.25) is 4.79 Å². The zero-order valence-corrected chi connectivity index (χ0v) is 20.1. The van der Waals surface area contributed by atoms with Crippen molar-refractivity contribution in [2.75, 3.05) is 13.2 Å². The van der Waals surface area contributed by atoms with Gasteiger partial charge in [0.1, 0.15) is 5.75 Å². The highest BCUT2D eigenvalue weighted by molar-refractivity contribution is 5.82. The molecule has 0 bridgehead atoms. The van der Waals surface area contributed by atoms with Crippen LogP contribution in [0.1, 0.15) is 56.6 Å². The van der Waals surface area contributed by atoms with E-state index in [2.05, 4.69) is 19.1 Å². The van der Waals surface area contributed by atoms with E-state index in [-0.39, 0.29) is 13.0 Å². The molecule has 0 heterocycles. The minimum atomic E-state index is -1.10. The Labute approximate surface area is 203 Å². The lowest BCUT2D eigenvalue weighted by molar-refractivity contribution is -0.145. The Balaban J connectivity index is 1.72. The highest BCUT2D eigenvalue weighted by Crippen LogP contribution is 2.35. The van der Waals surface area contributed by atoms with E-state index in [1.54, 1.807) is 0 Å². The van der Waals surface area contributed by atoms with Crippen LogP contribution in [0.15, 0.2) is 78.9 Å². The average Bonchev–Trinajstić information content (AvgIpc) is 2.87. The number of hydrogen-bond donors (Lipinski definition) is 2. The minimum absolute atomic E-state index is 0.168. The molecule has 0 aliphatic rings. The summed E-state index contributed by atoms with van der Waals surface area (Å²) in [6, 6.07) is 25.9. The van der Waals surface area contributed by atoms with Gasteiger partial charge in [-0.05, 0) is 66.5 Å². The first-order valence-corrected chi connectivity index (χ1v) is 12.3. The van der Waals surface area contributed by atoms with Crippen LogP contribution < -0.4 is 4.74 Å². The second-order valence-corrected chi connectivity index (χ2v) is 8.86. The lowest BCUT2D eigenvalue weighted by atomic mass is 9.73. The van der Waals surface area contributed by atoms with E-state index in [0.29, 0.717) is 6.42 Å². The monoisotopic (exact) mass is 460 g/mol. The Hall–Kier alpha value is -3.11. The number of aryl methyl sites for hydroxylation is 1. The second kappa shape index (κ2) is 13.0. The summed E-state index contributed by atoms with van der Waals surface area (Å²) in [5.41, 5.74) is 2.91. The van der Waals surface area contributed by atoms with E-state index in [1.165, 1.54) is 18.4 Å². The molecule has 3 rings (SSSR count). The zero-order valence-electron chi connectivity index (χ0n) is 20.1. The summed E-state index contributed by atoms with van der Waals surface area (Å²) in [7, 11) is 0. The molecule has 1 atom stereocenters. The molecule has 3 aromatic rings. The van der Waals surface area contributed by atoms with Crippen molar-refractivity contribution in [2.24, 2.45) is 0 Å². The first-order valence-electron chi connectivity index (χ1n) is 12.3. The molecule has 0 saturated carbocycles. The van der Waals surface area contributed by atoms with Gasteiger partial charge in [0.2, 0.25) is 0 Å². The fourth-order valence-electron chi connectivity index (χ4n) is 4.45. The molecule has 0 spiro atoms. The molecule has 4 nitrogen and oxygen atoms in total. The molecular weight excluding hydrogens is 424 g/mol. The summed E-state index contributed by atoms with van der Waals surface area (Å²) in [5.74, 6) is -0.0188. The molecule has 0 radical (unpaired) electrons. The van der Waals surface area contributed by atoms with Gasteiger partial charge >= 0.3 is 5.97 Å². The van der Waals surface area contributed by atoms with Gasteiger partial charge in [-0.15, -0.1) is 0 Å².